The Kier molecular flexibility index (Phi) is 7.11. The second-order valence-corrected chi connectivity index (χ2v) is 10.9. The quantitative estimate of drug-likeness (QED) is 0.645. The number of carbonyl (C=O) groups is 3. The van der Waals surface area contributed by atoms with E-state index in [1.54, 1.807) is 30.9 Å². The molecule has 1 N–H and O–H groups in total. The highest BCUT2D eigenvalue weighted by Crippen LogP contribution is 2.32. The number of sulfonamides is 1. The highest BCUT2D eigenvalue weighted by Gasteiger charge is 2.31. The Bertz CT molecular complexity index is 1240. The predicted octanol–water partition coefficient (Wildman–Crippen LogP) is 1.64. The van der Waals surface area contributed by atoms with Crippen LogP contribution >= 0.6 is 0 Å². The number of piperazine rings is 1. The molecule has 2 heterocycles. The molecule has 2 aromatic rings. The number of hydrogen-bond acceptors (Lipinski definition) is 5. The maximum absolute atomic E-state index is 13.5. The zero-order valence-corrected chi connectivity index (χ0v) is 20.8. The standard InChI is InChI=1S/C25H30N4O5S/c1-18(2)26-23(30)25(32)28-15-13-27(14-16-28)24(31)20-8-5-10-21(17-20)35(33,34)29-12-6-9-19-7-3-4-11-22(19)29/h3-5,7-8,10-11,17-18H,6,9,12-16H2,1-2H3,(H,26,30). The number of rotatable bonds is 4. The van der Waals surface area contributed by atoms with Crippen LogP contribution in [-0.2, 0) is 26.0 Å². The van der Waals surface area contributed by atoms with Gasteiger partial charge < -0.3 is 15.1 Å². The van der Waals surface area contributed by atoms with Crippen molar-refractivity contribution in [3.63, 3.8) is 0 Å². The van der Waals surface area contributed by atoms with Crippen molar-refractivity contribution < 1.29 is 22.8 Å². The molecule has 9 nitrogen and oxygen atoms in total. The molecule has 186 valence electrons. The molecular weight excluding hydrogens is 468 g/mol. The summed E-state index contributed by atoms with van der Waals surface area (Å²) in [6, 6.07) is 13.4. The van der Waals surface area contributed by atoms with Crippen LogP contribution in [0.2, 0.25) is 0 Å². The zero-order chi connectivity index (χ0) is 25.2. The molecule has 1 fully saturated rings. The fourth-order valence-electron chi connectivity index (χ4n) is 4.43. The Balaban J connectivity index is 1.47. The molecule has 0 aliphatic carbocycles. The second-order valence-electron chi connectivity index (χ2n) is 9.05. The topological polar surface area (TPSA) is 107 Å². The lowest BCUT2D eigenvalue weighted by molar-refractivity contribution is -0.147. The largest absolute Gasteiger partial charge is 0.346 e. The van der Waals surface area contributed by atoms with Crippen molar-refractivity contribution in [2.24, 2.45) is 0 Å². The Morgan fingerprint density at radius 3 is 2.29 bits per heavy atom. The highest BCUT2D eigenvalue weighted by atomic mass is 32.2. The molecule has 0 saturated carbocycles. The lowest BCUT2D eigenvalue weighted by Crippen LogP contribution is -2.54. The zero-order valence-electron chi connectivity index (χ0n) is 19.9. The van der Waals surface area contributed by atoms with Crippen LogP contribution in [0.4, 0.5) is 5.69 Å². The van der Waals surface area contributed by atoms with E-state index in [4.69, 9.17) is 0 Å². The summed E-state index contributed by atoms with van der Waals surface area (Å²) < 4.78 is 28.4. The number of anilines is 1. The minimum atomic E-state index is -3.84. The van der Waals surface area contributed by atoms with E-state index >= 15 is 0 Å². The number of nitrogens with zero attached hydrogens (tertiary/aromatic N) is 3. The van der Waals surface area contributed by atoms with Crippen molar-refractivity contribution in [1.29, 1.82) is 0 Å². The molecule has 4 rings (SSSR count). The molecule has 0 unspecified atom stereocenters. The van der Waals surface area contributed by atoms with Crippen molar-refractivity contribution in [3.05, 3.63) is 59.7 Å². The Morgan fingerprint density at radius 2 is 1.57 bits per heavy atom. The third-order valence-corrected chi connectivity index (χ3v) is 8.01. The van der Waals surface area contributed by atoms with Gasteiger partial charge in [0.1, 0.15) is 0 Å². The molecule has 0 aromatic heterocycles. The fraction of sp³-hybridized carbons (Fsp3) is 0.400. The Morgan fingerprint density at radius 1 is 0.886 bits per heavy atom. The average Bonchev–Trinajstić information content (AvgIpc) is 2.87. The first kappa shape index (κ1) is 24.7. The van der Waals surface area contributed by atoms with E-state index in [2.05, 4.69) is 5.32 Å². The monoisotopic (exact) mass is 498 g/mol. The van der Waals surface area contributed by atoms with Crippen LogP contribution in [0.25, 0.3) is 0 Å². The number of fused-ring (bicyclic) bond motifs is 1. The minimum Gasteiger partial charge on any atom is -0.346 e. The molecule has 3 amide bonds. The molecule has 0 atom stereocenters. The third-order valence-electron chi connectivity index (χ3n) is 6.20. The van der Waals surface area contributed by atoms with Gasteiger partial charge in [0.15, 0.2) is 0 Å². The van der Waals surface area contributed by atoms with E-state index in [9.17, 15) is 22.8 Å². The Labute approximate surface area is 205 Å². The van der Waals surface area contributed by atoms with Crippen molar-refractivity contribution in [1.82, 2.24) is 15.1 Å². The van der Waals surface area contributed by atoms with E-state index < -0.39 is 21.8 Å². The van der Waals surface area contributed by atoms with Gasteiger partial charge in [-0.15, -0.1) is 0 Å². The summed E-state index contributed by atoms with van der Waals surface area (Å²) in [5, 5.41) is 2.58. The molecule has 0 spiro atoms. The summed E-state index contributed by atoms with van der Waals surface area (Å²) in [6.45, 7) is 4.93. The summed E-state index contributed by atoms with van der Waals surface area (Å²) in [6.07, 6.45) is 1.56. The van der Waals surface area contributed by atoms with E-state index in [0.717, 1.165) is 18.4 Å². The smallest absolute Gasteiger partial charge is 0.312 e. The second kappa shape index (κ2) is 10.1. The number of hydrogen-bond donors (Lipinski definition) is 1. The molecule has 0 bridgehead atoms. The summed E-state index contributed by atoms with van der Waals surface area (Å²) in [4.78, 5) is 40.5. The van der Waals surface area contributed by atoms with Gasteiger partial charge in [-0.05, 0) is 56.5 Å². The van der Waals surface area contributed by atoms with Crippen molar-refractivity contribution >= 4 is 33.4 Å². The average molecular weight is 499 g/mol. The molecule has 2 aromatic carbocycles. The number of carbonyl (C=O) groups excluding carboxylic acids is 3. The first-order chi connectivity index (χ1) is 16.7. The molecule has 2 aliphatic rings. The third kappa shape index (κ3) is 5.17. The maximum atomic E-state index is 13.5. The van der Waals surface area contributed by atoms with Gasteiger partial charge in [0.25, 0.3) is 15.9 Å². The van der Waals surface area contributed by atoms with Crippen LogP contribution < -0.4 is 9.62 Å². The van der Waals surface area contributed by atoms with E-state index in [-0.39, 0.29) is 48.6 Å². The van der Waals surface area contributed by atoms with Gasteiger partial charge in [-0.2, -0.15) is 0 Å². The van der Waals surface area contributed by atoms with Crippen molar-refractivity contribution in [3.8, 4) is 0 Å². The van der Waals surface area contributed by atoms with E-state index in [0.29, 0.717) is 12.2 Å². The normalized spacial score (nSPS) is 16.1. The van der Waals surface area contributed by atoms with Gasteiger partial charge in [-0.3, -0.25) is 18.7 Å². The molecule has 2 aliphatic heterocycles. The first-order valence-corrected chi connectivity index (χ1v) is 13.2. The lowest BCUT2D eigenvalue weighted by Gasteiger charge is -2.34. The van der Waals surface area contributed by atoms with Crippen molar-refractivity contribution in [2.45, 2.75) is 37.6 Å². The minimum absolute atomic E-state index is 0.0687. The number of amides is 3. The first-order valence-electron chi connectivity index (χ1n) is 11.8. The summed E-state index contributed by atoms with van der Waals surface area (Å²) in [7, 11) is -3.84. The number of benzene rings is 2. The van der Waals surface area contributed by atoms with Crippen LogP contribution in [0.5, 0.6) is 0 Å². The van der Waals surface area contributed by atoms with Gasteiger partial charge in [-0.25, -0.2) is 8.42 Å². The highest BCUT2D eigenvalue weighted by molar-refractivity contribution is 7.92. The van der Waals surface area contributed by atoms with Crippen molar-refractivity contribution in [2.75, 3.05) is 37.0 Å². The fourth-order valence-corrected chi connectivity index (χ4v) is 6.02. The van der Waals surface area contributed by atoms with Gasteiger partial charge in [0.05, 0.1) is 10.6 Å². The molecule has 10 heteroatoms. The number of nitrogens with one attached hydrogen (secondary N) is 1. The molecule has 1 saturated heterocycles. The molecular formula is C25H30N4O5S. The van der Waals surface area contributed by atoms with Crippen LogP contribution in [0, 0.1) is 0 Å². The Hall–Kier alpha value is -3.40. The summed E-state index contributed by atoms with van der Waals surface area (Å²) in [5.74, 6) is -1.57. The van der Waals surface area contributed by atoms with Crippen LogP contribution in [0.15, 0.2) is 53.4 Å². The van der Waals surface area contributed by atoms with Gasteiger partial charge >= 0.3 is 11.8 Å². The number of para-hydroxylation sites is 1. The molecule has 0 radical (unpaired) electrons. The van der Waals surface area contributed by atoms with Gasteiger partial charge in [-0.1, -0.05) is 24.3 Å². The van der Waals surface area contributed by atoms with Gasteiger partial charge in [0.2, 0.25) is 0 Å². The van der Waals surface area contributed by atoms with E-state index in [1.165, 1.54) is 21.3 Å². The predicted molar refractivity (Wildman–Crippen MR) is 131 cm³/mol. The van der Waals surface area contributed by atoms with Crippen LogP contribution in [0.3, 0.4) is 0 Å². The van der Waals surface area contributed by atoms with Crippen LogP contribution in [-0.4, -0.2) is 74.7 Å². The SMILES string of the molecule is CC(C)NC(=O)C(=O)N1CCN(C(=O)c2cccc(S(=O)(=O)N3CCCc4ccccc43)c2)CC1. The van der Waals surface area contributed by atoms with Crippen LogP contribution in [0.1, 0.15) is 36.2 Å². The summed E-state index contributed by atoms with van der Waals surface area (Å²) >= 11 is 0. The summed E-state index contributed by atoms with van der Waals surface area (Å²) in [5.41, 5.74) is 1.94. The van der Waals surface area contributed by atoms with Gasteiger partial charge in [0, 0.05) is 44.3 Å². The maximum Gasteiger partial charge on any atom is 0.312 e. The van der Waals surface area contributed by atoms with E-state index in [1.807, 2.05) is 24.3 Å². The molecule has 35 heavy (non-hydrogen) atoms. The number of aryl methyl sites for hydroxylation is 1. The lowest BCUT2D eigenvalue weighted by atomic mass is 10.0.